The van der Waals surface area contributed by atoms with E-state index in [0.29, 0.717) is 0 Å². The molecule has 0 saturated carbocycles. The summed E-state index contributed by atoms with van der Waals surface area (Å²) in [7, 11) is 0. The van der Waals surface area contributed by atoms with Crippen LogP contribution in [-0.4, -0.2) is 43.3 Å². The zero-order chi connectivity index (χ0) is 55.2. The van der Waals surface area contributed by atoms with E-state index < -0.39 is 0 Å². The molecule has 4 aliphatic heterocycles. The number of rotatable bonds is 9. The summed E-state index contributed by atoms with van der Waals surface area (Å²) in [6.45, 7) is -0.0594. The number of para-hydroxylation sites is 8. The van der Waals surface area contributed by atoms with Gasteiger partial charge in [-0.1, -0.05) is 0 Å². The van der Waals surface area contributed by atoms with E-state index in [1.54, 1.807) is 0 Å². The van der Waals surface area contributed by atoms with Crippen LogP contribution in [0.4, 0.5) is 68.2 Å². The van der Waals surface area contributed by atoms with Crippen molar-refractivity contribution in [2.45, 2.75) is 0 Å². The Balaban J connectivity index is 0.973. The van der Waals surface area contributed by atoms with Crippen molar-refractivity contribution in [3.05, 3.63) is 303 Å². The quantitative estimate of drug-likeness (QED) is 0.134. The molecule has 84 heavy (non-hydrogen) atoms. The van der Waals surface area contributed by atoms with Gasteiger partial charge in [0.25, 0.3) is 0 Å². The van der Waals surface area contributed by atoms with Gasteiger partial charge in [0.1, 0.15) is 0 Å². The van der Waals surface area contributed by atoms with Gasteiger partial charge in [-0.15, -0.1) is 0 Å². The summed E-state index contributed by atoms with van der Waals surface area (Å²) in [5.41, 5.74) is 25.1. The molecule has 0 aliphatic carbocycles. The SMILES string of the molecule is c1ccc(N(c2ccccc2)c2cc3c4c(c2)N(c2ccccc2)c2ccccc2B4c2cc4c(c(-c5ccc6ccccc6c5)c2[Se]3)[Se]c2cc(N(c3ccccc3)c3ccccc3)cc3c2B4c2ccccc2N3c2ccccc2)cc1. The summed E-state index contributed by atoms with van der Waals surface area (Å²) < 4.78 is 5.80. The zero-order valence-electron chi connectivity index (χ0n) is 45.6. The third-order valence-corrected chi connectivity index (χ3v) is 22.3. The topological polar surface area (TPSA) is 13.0 Å². The number of benzene rings is 13. The van der Waals surface area contributed by atoms with E-state index in [0.717, 1.165) is 45.5 Å². The molecule has 0 unspecified atom stereocenters. The van der Waals surface area contributed by atoms with Crippen LogP contribution in [0.3, 0.4) is 0 Å². The molecule has 4 aliphatic rings. The van der Waals surface area contributed by atoms with Crippen molar-refractivity contribution in [2.75, 3.05) is 19.6 Å². The van der Waals surface area contributed by atoms with Gasteiger partial charge in [0, 0.05) is 0 Å². The van der Waals surface area contributed by atoms with Gasteiger partial charge in [0.15, 0.2) is 0 Å². The van der Waals surface area contributed by atoms with Crippen LogP contribution in [0.25, 0.3) is 21.9 Å². The molecule has 4 nitrogen and oxygen atoms in total. The van der Waals surface area contributed by atoms with Gasteiger partial charge >= 0.3 is 507 Å². The number of hydrogen-bond acceptors (Lipinski definition) is 4. The van der Waals surface area contributed by atoms with Gasteiger partial charge in [-0.25, -0.2) is 0 Å². The Labute approximate surface area is 503 Å². The Morgan fingerprint density at radius 1 is 0.274 bits per heavy atom. The molecule has 0 aromatic heterocycles. The van der Waals surface area contributed by atoms with Crippen LogP contribution in [0.2, 0.25) is 0 Å². The molecule has 13 aromatic rings. The minimum atomic E-state index is -0.134. The Morgan fingerprint density at radius 2 is 0.643 bits per heavy atom. The first kappa shape index (κ1) is 49.1. The van der Waals surface area contributed by atoms with Crippen LogP contribution in [0, 0.1) is 0 Å². The predicted octanol–water partition coefficient (Wildman–Crippen LogP) is 12.0. The summed E-state index contributed by atoms with van der Waals surface area (Å²) in [5.74, 6) is 0. The van der Waals surface area contributed by atoms with Crippen LogP contribution >= 0.6 is 0 Å². The number of nitrogens with zero attached hydrogens (tertiary/aromatic N) is 4. The van der Waals surface area contributed by atoms with Crippen LogP contribution in [0.5, 0.6) is 0 Å². The molecule has 0 N–H and O–H groups in total. The van der Waals surface area contributed by atoms with Crippen LogP contribution in [0.1, 0.15) is 0 Å². The van der Waals surface area contributed by atoms with Crippen molar-refractivity contribution in [3.8, 4) is 11.1 Å². The average molecular weight is 1200 g/mol. The molecule has 17 rings (SSSR count). The molecule has 4 heterocycles. The first-order chi connectivity index (χ1) is 41.7. The standard InChI is InChI=1S/C76H50B2N4Se2/c1-7-27-54(28-8-1)79(55-29-9-2-10-30-55)60-46-68-73-70(48-60)83-75-64(77(73)62-39-21-23-41-66(62)81(68)58-35-15-5-16-36-58)50-65-76(72(75)53-44-43-51-25-19-20-26-52(51)45-53)84-71-49-61(80(56-31-11-3-12-32-56)57-33-13-4-14-34-57)47-69-74(71)78(65)63-40-22-24-42-67(63)82(69)59-37-17-6-18-38-59/h1-50H. The van der Waals surface area contributed by atoms with E-state index >= 15 is 0 Å². The van der Waals surface area contributed by atoms with E-state index in [2.05, 4.69) is 323 Å². The van der Waals surface area contributed by atoms with Crippen LogP contribution in [-0.2, 0) is 0 Å². The number of fused-ring (bicyclic) bond motifs is 9. The molecule has 0 saturated heterocycles. The maximum atomic E-state index is 2.74. The molecule has 0 fully saturated rings. The molecule has 0 amide bonds. The first-order valence-electron chi connectivity index (χ1n) is 28.8. The van der Waals surface area contributed by atoms with E-state index in [4.69, 9.17) is 0 Å². The molecular weight excluding hydrogens is 1150 g/mol. The van der Waals surface area contributed by atoms with E-state index in [1.807, 2.05) is 0 Å². The number of hydrogen-bond donors (Lipinski definition) is 0. The maximum absolute atomic E-state index is 2.74. The van der Waals surface area contributed by atoms with E-state index in [9.17, 15) is 0 Å². The van der Waals surface area contributed by atoms with Crippen molar-refractivity contribution in [3.63, 3.8) is 0 Å². The van der Waals surface area contributed by atoms with Gasteiger partial charge in [-0.3, -0.25) is 0 Å². The van der Waals surface area contributed by atoms with Gasteiger partial charge in [-0.05, 0) is 0 Å². The summed E-state index contributed by atoms with van der Waals surface area (Å²) in [4.78, 5) is 10.0. The third kappa shape index (κ3) is 7.90. The molecule has 0 atom stereocenters. The Morgan fingerprint density at radius 3 is 1.07 bits per heavy atom. The summed E-state index contributed by atoms with van der Waals surface area (Å²) >= 11 is -0.268. The molecule has 392 valence electrons. The summed E-state index contributed by atoms with van der Waals surface area (Å²) in [5, 5.41) is 2.51. The van der Waals surface area contributed by atoms with Gasteiger partial charge in [0.05, 0.1) is 0 Å². The molecule has 0 radical (unpaired) electrons. The van der Waals surface area contributed by atoms with Crippen molar-refractivity contribution in [1.82, 2.24) is 0 Å². The van der Waals surface area contributed by atoms with Crippen molar-refractivity contribution in [1.29, 1.82) is 0 Å². The normalized spacial score (nSPS) is 13.0. The summed E-state index contributed by atoms with van der Waals surface area (Å²) in [6.07, 6.45) is 0. The zero-order valence-corrected chi connectivity index (χ0v) is 49.1. The fourth-order valence-corrected chi connectivity index (χ4v) is 19.7. The molecular formula is C76H50B2N4Se2. The van der Waals surface area contributed by atoms with E-state index in [1.165, 1.54) is 95.3 Å². The minimum absolute atomic E-state index is 0.0297. The first-order valence-corrected chi connectivity index (χ1v) is 32.2. The van der Waals surface area contributed by atoms with Crippen molar-refractivity contribution < 1.29 is 0 Å². The Bertz CT molecular complexity index is 4370. The molecule has 0 bridgehead atoms. The molecule has 13 aromatic carbocycles. The van der Waals surface area contributed by atoms with E-state index in [-0.39, 0.29) is 43.3 Å². The fraction of sp³-hybridized carbons (Fsp3) is 0. The fourth-order valence-electron chi connectivity index (χ4n) is 13.7. The van der Waals surface area contributed by atoms with Gasteiger partial charge < -0.3 is 0 Å². The Hall–Kier alpha value is -9.51. The second-order valence-corrected chi connectivity index (χ2v) is 26.4. The second-order valence-electron chi connectivity index (χ2n) is 21.9. The Kier molecular flexibility index (Phi) is 11.8. The third-order valence-electron chi connectivity index (χ3n) is 17.2. The van der Waals surface area contributed by atoms with Crippen molar-refractivity contribution in [2.24, 2.45) is 0 Å². The summed E-state index contributed by atoms with van der Waals surface area (Å²) in [6, 6.07) is 113. The molecule has 0 spiro atoms. The van der Waals surface area contributed by atoms with Crippen LogP contribution in [0.15, 0.2) is 303 Å². The monoisotopic (exact) mass is 1200 g/mol. The second kappa shape index (κ2) is 20.1. The average Bonchev–Trinajstić information content (AvgIpc) is 0.780. The van der Waals surface area contributed by atoms with Crippen LogP contribution < -0.4 is 70.2 Å². The predicted molar refractivity (Wildman–Crippen MR) is 360 cm³/mol. The molecule has 8 heteroatoms. The van der Waals surface area contributed by atoms with Gasteiger partial charge in [0.2, 0.25) is 0 Å². The van der Waals surface area contributed by atoms with Gasteiger partial charge in [-0.2, -0.15) is 0 Å². The number of anilines is 12. The van der Waals surface area contributed by atoms with Crippen molar-refractivity contribution >= 4 is 173 Å².